The minimum atomic E-state index is -0.586. The zero-order chi connectivity index (χ0) is 17.3. The third kappa shape index (κ3) is 2.81. The van der Waals surface area contributed by atoms with Crippen LogP contribution in [0, 0.1) is 5.82 Å². The maximum atomic E-state index is 14.6. The summed E-state index contributed by atoms with van der Waals surface area (Å²) in [5, 5.41) is 4.03. The Balaban J connectivity index is 1.87. The SMILES string of the molecule is CN1CCN(c2ccc(N3C(=O)OC[C@H]3CN=[N+]=[N-])cc2F)C1=S. The number of amides is 1. The average Bonchev–Trinajstić information content (AvgIpc) is 3.09. The Morgan fingerprint density at radius 2 is 2.29 bits per heavy atom. The molecule has 2 aliphatic rings. The van der Waals surface area contributed by atoms with E-state index in [0.717, 1.165) is 6.54 Å². The lowest BCUT2D eigenvalue weighted by atomic mass is 10.2. The van der Waals surface area contributed by atoms with Crippen molar-refractivity contribution in [3.05, 3.63) is 34.5 Å². The van der Waals surface area contributed by atoms with Crippen LogP contribution in [0.25, 0.3) is 10.4 Å². The zero-order valence-electron chi connectivity index (χ0n) is 12.9. The standard InChI is InChI=1S/C14H15FN6O2S/c1-19-4-5-20(13(19)24)12-3-2-9(6-11(12)15)21-10(7-17-18-16)8-23-14(21)22/h2-3,6,10H,4-5,7-8H2,1H3/t10-/m1/s1. The van der Waals surface area contributed by atoms with E-state index in [1.807, 2.05) is 11.9 Å². The predicted octanol–water partition coefficient (Wildman–Crippen LogP) is 2.50. The van der Waals surface area contributed by atoms with Gasteiger partial charge in [-0.3, -0.25) is 4.90 Å². The highest BCUT2D eigenvalue weighted by atomic mass is 32.1. The van der Waals surface area contributed by atoms with Gasteiger partial charge >= 0.3 is 6.09 Å². The Morgan fingerprint density at radius 1 is 1.50 bits per heavy atom. The number of rotatable bonds is 4. The van der Waals surface area contributed by atoms with Crippen molar-refractivity contribution in [1.82, 2.24) is 4.90 Å². The first-order valence-electron chi connectivity index (χ1n) is 7.32. The number of halogens is 1. The van der Waals surface area contributed by atoms with Crippen LogP contribution in [0.1, 0.15) is 0 Å². The zero-order valence-corrected chi connectivity index (χ0v) is 13.7. The second-order valence-electron chi connectivity index (χ2n) is 5.51. The van der Waals surface area contributed by atoms with E-state index in [0.29, 0.717) is 23.0 Å². The van der Waals surface area contributed by atoms with Crippen molar-refractivity contribution in [2.75, 3.05) is 43.1 Å². The normalized spacial score (nSPS) is 20.4. The molecule has 2 heterocycles. The lowest BCUT2D eigenvalue weighted by Crippen LogP contribution is -2.35. The monoisotopic (exact) mass is 350 g/mol. The molecule has 24 heavy (non-hydrogen) atoms. The number of nitrogens with zero attached hydrogens (tertiary/aromatic N) is 6. The number of cyclic esters (lactones) is 1. The number of hydrogen-bond acceptors (Lipinski definition) is 4. The summed E-state index contributed by atoms with van der Waals surface area (Å²) in [6, 6.07) is 4.05. The molecule has 0 saturated carbocycles. The Bertz CT molecular complexity index is 738. The molecule has 0 N–H and O–H groups in total. The van der Waals surface area contributed by atoms with Crippen molar-refractivity contribution in [1.29, 1.82) is 0 Å². The third-order valence-corrected chi connectivity index (χ3v) is 4.57. The van der Waals surface area contributed by atoms with Crippen LogP contribution in [-0.2, 0) is 4.74 Å². The van der Waals surface area contributed by atoms with Gasteiger partial charge in [0.15, 0.2) is 5.11 Å². The van der Waals surface area contributed by atoms with E-state index in [2.05, 4.69) is 10.0 Å². The summed E-state index contributed by atoms with van der Waals surface area (Å²) in [6.07, 6.45) is -0.586. The van der Waals surface area contributed by atoms with Gasteiger partial charge in [0.05, 0.1) is 24.0 Å². The first kappa shape index (κ1) is 16.3. The number of hydrogen-bond donors (Lipinski definition) is 0. The van der Waals surface area contributed by atoms with Gasteiger partial charge in [-0.25, -0.2) is 9.18 Å². The molecule has 2 fully saturated rings. The smallest absolute Gasteiger partial charge is 0.414 e. The van der Waals surface area contributed by atoms with E-state index in [1.165, 1.54) is 11.0 Å². The third-order valence-electron chi connectivity index (χ3n) is 4.03. The van der Waals surface area contributed by atoms with Gasteiger partial charge in [-0.15, -0.1) is 0 Å². The van der Waals surface area contributed by atoms with Crippen molar-refractivity contribution >= 4 is 34.8 Å². The first-order valence-corrected chi connectivity index (χ1v) is 7.72. The number of carbonyl (C=O) groups is 1. The van der Waals surface area contributed by atoms with Crippen molar-refractivity contribution in [3.63, 3.8) is 0 Å². The average molecular weight is 350 g/mol. The van der Waals surface area contributed by atoms with Gasteiger partial charge in [-0.05, 0) is 35.9 Å². The topological polar surface area (TPSA) is 84.8 Å². The molecule has 0 aliphatic carbocycles. The molecule has 0 bridgehead atoms. The Kier molecular flexibility index (Phi) is 4.41. The van der Waals surface area contributed by atoms with E-state index in [-0.39, 0.29) is 13.2 Å². The van der Waals surface area contributed by atoms with Gasteiger partial charge in [0.2, 0.25) is 0 Å². The predicted molar refractivity (Wildman–Crippen MR) is 90.6 cm³/mol. The molecule has 3 rings (SSSR count). The van der Waals surface area contributed by atoms with E-state index in [1.54, 1.807) is 17.0 Å². The van der Waals surface area contributed by atoms with Crippen LogP contribution in [0.2, 0.25) is 0 Å². The van der Waals surface area contributed by atoms with Gasteiger partial charge in [0, 0.05) is 25.0 Å². The van der Waals surface area contributed by atoms with Crippen molar-refractivity contribution < 1.29 is 13.9 Å². The Labute approximate surface area is 143 Å². The van der Waals surface area contributed by atoms with E-state index >= 15 is 0 Å². The quantitative estimate of drug-likeness (QED) is 0.360. The summed E-state index contributed by atoms with van der Waals surface area (Å²) < 4.78 is 19.6. The number of benzene rings is 1. The minimum Gasteiger partial charge on any atom is -0.447 e. The molecule has 1 aromatic carbocycles. The fourth-order valence-corrected chi connectivity index (χ4v) is 3.06. The van der Waals surface area contributed by atoms with Crippen LogP contribution in [0.3, 0.4) is 0 Å². The summed E-state index contributed by atoms with van der Waals surface area (Å²) >= 11 is 5.28. The molecular formula is C14H15FN6O2S. The summed E-state index contributed by atoms with van der Waals surface area (Å²) in [7, 11) is 1.86. The fraction of sp³-hybridized carbons (Fsp3) is 0.429. The molecule has 0 unspecified atom stereocenters. The van der Waals surface area contributed by atoms with E-state index in [4.69, 9.17) is 22.5 Å². The van der Waals surface area contributed by atoms with Crippen molar-refractivity contribution in [3.8, 4) is 0 Å². The minimum absolute atomic E-state index is 0.0621. The fourth-order valence-electron chi connectivity index (χ4n) is 2.78. The lowest BCUT2D eigenvalue weighted by molar-refractivity contribution is 0.179. The molecule has 1 aromatic rings. The van der Waals surface area contributed by atoms with Crippen LogP contribution < -0.4 is 9.80 Å². The maximum Gasteiger partial charge on any atom is 0.414 e. The van der Waals surface area contributed by atoms with Gasteiger partial charge in [0.25, 0.3) is 0 Å². The molecule has 8 nitrogen and oxygen atoms in total. The van der Waals surface area contributed by atoms with E-state index in [9.17, 15) is 9.18 Å². The van der Waals surface area contributed by atoms with Crippen LogP contribution in [0.15, 0.2) is 23.3 Å². The number of thiocarbonyl (C=S) groups is 1. The highest BCUT2D eigenvalue weighted by Gasteiger charge is 2.34. The van der Waals surface area contributed by atoms with Crippen LogP contribution >= 0.6 is 12.2 Å². The van der Waals surface area contributed by atoms with Crippen molar-refractivity contribution in [2.24, 2.45) is 5.11 Å². The molecule has 0 radical (unpaired) electrons. The Hall–Kier alpha value is -2.58. The highest BCUT2D eigenvalue weighted by molar-refractivity contribution is 7.80. The summed E-state index contributed by atoms with van der Waals surface area (Å²) in [5.41, 5.74) is 9.15. The number of carbonyl (C=O) groups excluding carboxylic acids is 1. The number of azide groups is 1. The van der Waals surface area contributed by atoms with Crippen LogP contribution in [0.5, 0.6) is 0 Å². The molecule has 2 saturated heterocycles. The van der Waals surface area contributed by atoms with Crippen LogP contribution in [0.4, 0.5) is 20.6 Å². The Morgan fingerprint density at radius 3 is 2.92 bits per heavy atom. The number of anilines is 2. The van der Waals surface area contributed by atoms with Gasteiger partial charge < -0.3 is 14.5 Å². The molecular weight excluding hydrogens is 335 g/mol. The number of likely N-dealkylation sites (N-methyl/N-ethyl adjacent to an activating group) is 1. The first-order chi connectivity index (χ1) is 11.5. The maximum absolute atomic E-state index is 14.6. The molecule has 1 amide bonds. The number of ether oxygens (including phenoxy) is 1. The molecule has 0 spiro atoms. The molecule has 126 valence electrons. The highest BCUT2D eigenvalue weighted by Crippen LogP contribution is 2.30. The van der Waals surface area contributed by atoms with Gasteiger partial charge in [-0.1, -0.05) is 5.11 Å². The van der Waals surface area contributed by atoms with Crippen LogP contribution in [-0.4, -0.2) is 55.4 Å². The molecule has 2 aliphatic heterocycles. The van der Waals surface area contributed by atoms with E-state index < -0.39 is 18.0 Å². The van der Waals surface area contributed by atoms with Gasteiger partial charge in [0.1, 0.15) is 12.4 Å². The van der Waals surface area contributed by atoms with Gasteiger partial charge in [-0.2, -0.15) is 0 Å². The summed E-state index contributed by atoms with van der Waals surface area (Å²) in [5.74, 6) is -0.479. The molecule has 10 heteroatoms. The van der Waals surface area contributed by atoms with Crippen molar-refractivity contribution in [2.45, 2.75) is 6.04 Å². The lowest BCUT2D eigenvalue weighted by Gasteiger charge is -2.23. The second kappa shape index (κ2) is 6.50. The summed E-state index contributed by atoms with van der Waals surface area (Å²) in [6.45, 7) is 1.50. The molecule has 1 atom stereocenters. The largest absolute Gasteiger partial charge is 0.447 e. The second-order valence-corrected chi connectivity index (χ2v) is 5.87. The summed E-state index contributed by atoms with van der Waals surface area (Å²) in [4.78, 5) is 19.5. The molecule has 0 aromatic heterocycles.